The zero-order chi connectivity index (χ0) is 28.8. The van der Waals surface area contributed by atoms with E-state index in [1.807, 2.05) is 0 Å². The Morgan fingerprint density at radius 3 is 1.07 bits per heavy atom. The van der Waals surface area contributed by atoms with E-state index in [-0.39, 0.29) is 7.92 Å². The Morgan fingerprint density at radius 2 is 0.756 bits per heavy atom. The number of hydrogen-bond acceptors (Lipinski definition) is 0. The highest BCUT2D eigenvalue weighted by Crippen LogP contribution is 2.37. The van der Waals surface area contributed by atoms with E-state index >= 15 is 0 Å². The Morgan fingerprint density at radius 1 is 0.439 bits per heavy atom. The molecule has 210 valence electrons. The normalized spacial score (nSPS) is 11.1. The minimum atomic E-state index is -1.22. The fourth-order valence-electron chi connectivity index (χ4n) is 6.27. The molecule has 0 amide bonds. The summed E-state index contributed by atoms with van der Waals surface area (Å²) in [5.41, 5.74) is 6.87. The molecule has 0 radical (unpaired) electrons. The third kappa shape index (κ3) is 7.66. The second-order valence-corrected chi connectivity index (χ2v) is 13.9. The van der Waals surface area contributed by atoms with Crippen molar-refractivity contribution in [1.29, 1.82) is 0 Å². The minimum Gasteiger partial charge on any atom is -0.195 e. The first-order valence-electron chi connectivity index (χ1n) is 15.5. The summed E-state index contributed by atoms with van der Waals surface area (Å²) in [4.78, 5) is 0. The summed E-state index contributed by atoms with van der Waals surface area (Å²) >= 11 is 0. The van der Waals surface area contributed by atoms with Gasteiger partial charge in [0.25, 0.3) is 0 Å². The van der Waals surface area contributed by atoms with Crippen molar-refractivity contribution in [1.82, 2.24) is 0 Å². The van der Waals surface area contributed by atoms with Crippen LogP contribution in [-0.4, -0.2) is 18.5 Å². The van der Waals surface area contributed by atoms with Crippen molar-refractivity contribution < 1.29 is 0 Å². The molecule has 5 rings (SSSR count). The van der Waals surface area contributed by atoms with E-state index < -0.39 is 6.15 Å². The van der Waals surface area contributed by atoms with Crippen LogP contribution in [0.1, 0.15) is 45.1 Å². The van der Waals surface area contributed by atoms with Crippen molar-refractivity contribution in [2.45, 2.75) is 46.5 Å². The molecule has 0 aromatic heterocycles. The highest BCUT2D eigenvalue weighted by atomic mass is 31.1. The zero-order valence-electron chi connectivity index (χ0n) is 25.2. The number of rotatable bonds is 11. The summed E-state index contributed by atoms with van der Waals surface area (Å²) < 4.78 is 0. The molecule has 5 aromatic rings. The van der Waals surface area contributed by atoms with Crippen LogP contribution in [0.25, 0.3) is 0 Å². The predicted octanol–water partition coefficient (Wildman–Crippen LogP) is 7.50. The molecule has 5 aromatic carbocycles. The van der Waals surface area contributed by atoms with Gasteiger partial charge in [0.15, 0.2) is 0 Å². The summed E-state index contributed by atoms with van der Waals surface area (Å²) in [6, 6.07) is 52.5. The molecule has 0 atom stereocenters. The molecule has 0 nitrogen and oxygen atoms in total. The molecule has 0 aliphatic rings. The molecule has 0 fully saturated rings. The van der Waals surface area contributed by atoms with E-state index in [9.17, 15) is 0 Å². The van der Waals surface area contributed by atoms with Gasteiger partial charge in [0.05, 0.1) is 17.6 Å². The fourth-order valence-corrected chi connectivity index (χ4v) is 9.59. The van der Waals surface area contributed by atoms with Gasteiger partial charge in [-0.25, -0.2) is 0 Å². The van der Waals surface area contributed by atoms with Crippen molar-refractivity contribution in [3.63, 3.8) is 0 Å². The Hall–Kier alpha value is -3.41. The third-order valence-corrected chi connectivity index (χ3v) is 11.6. The quantitative estimate of drug-likeness (QED) is 0.117. The first kappa shape index (κ1) is 30.6. The lowest BCUT2D eigenvalue weighted by atomic mass is 9.13. The highest BCUT2D eigenvalue weighted by molar-refractivity contribution is 7.65. The lowest BCUT2D eigenvalue weighted by molar-refractivity contribution is 0.870. The third-order valence-electron chi connectivity index (χ3n) is 8.39. The van der Waals surface area contributed by atoms with Crippen LogP contribution in [0.5, 0.6) is 0 Å². The molecule has 0 saturated heterocycles. The summed E-state index contributed by atoms with van der Waals surface area (Å²) in [7, 11) is -0.278. The van der Waals surface area contributed by atoms with Crippen LogP contribution in [0.2, 0.25) is 0 Å². The molecule has 0 spiro atoms. The van der Waals surface area contributed by atoms with Crippen LogP contribution in [-0.2, 0) is 0 Å². The van der Waals surface area contributed by atoms with E-state index in [4.69, 9.17) is 0 Å². The number of hydrogen-bond donors (Lipinski definition) is 0. The maximum Gasteiger partial charge on any atom is 0.108 e. The Labute approximate surface area is 250 Å². The number of benzene rings is 5. The molecule has 41 heavy (non-hydrogen) atoms. The molecule has 0 heterocycles. The summed E-state index contributed by atoms with van der Waals surface area (Å²) in [5, 5.41) is 1.69. The summed E-state index contributed by atoms with van der Waals surface area (Å²) in [5.74, 6) is 0. The fraction of sp³-hybridized carbons (Fsp3) is 0.231. The molecule has 2 heteroatoms. The maximum atomic E-state index is 2.37. The van der Waals surface area contributed by atoms with Gasteiger partial charge in [-0.05, 0) is 31.4 Å². The Kier molecular flexibility index (Phi) is 12.0. The van der Waals surface area contributed by atoms with Gasteiger partial charge in [-0.2, -0.15) is 21.9 Å². The van der Waals surface area contributed by atoms with Crippen LogP contribution in [0, 0.1) is 6.92 Å². The number of aryl methyl sites for hydroxylation is 1. The monoisotopic (exact) mass is 556 g/mol. The lowest BCUT2D eigenvalue weighted by Gasteiger charge is -2.44. The smallest absolute Gasteiger partial charge is 0.108 e. The molecule has 0 saturated carbocycles. The highest BCUT2D eigenvalue weighted by Gasteiger charge is 2.31. The Bertz CT molecular complexity index is 1230. The van der Waals surface area contributed by atoms with Crippen molar-refractivity contribution >= 4 is 41.2 Å². The summed E-state index contributed by atoms with van der Waals surface area (Å²) in [6.45, 7) is 6.88. The van der Waals surface area contributed by atoms with Crippen LogP contribution >= 0.6 is 7.92 Å². The van der Waals surface area contributed by atoms with Crippen molar-refractivity contribution in [2.75, 3.05) is 12.3 Å². The van der Waals surface area contributed by atoms with Crippen LogP contribution in [0.4, 0.5) is 0 Å². The summed E-state index contributed by atoms with van der Waals surface area (Å²) in [6.07, 6.45) is 7.21. The van der Waals surface area contributed by atoms with E-state index in [1.165, 1.54) is 65.4 Å². The number of unbranched alkanes of at least 4 members (excludes halogenated alkanes) is 2. The SMILES string of the molecule is CCCC[PH+](CCCC)c1ccccc1C.c1ccc([B-](c2ccccc2)(c2ccccc2)c2ccccc2)cc1. The van der Waals surface area contributed by atoms with E-state index in [0.29, 0.717) is 0 Å². The van der Waals surface area contributed by atoms with Gasteiger partial charge in [-0.3, -0.25) is 0 Å². The van der Waals surface area contributed by atoms with Crippen molar-refractivity contribution in [3.8, 4) is 0 Å². The maximum absolute atomic E-state index is 2.37. The van der Waals surface area contributed by atoms with Crippen LogP contribution < -0.4 is 27.2 Å². The second-order valence-electron chi connectivity index (χ2n) is 11.1. The van der Waals surface area contributed by atoms with E-state index in [1.54, 1.807) is 5.30 Å². The molecule has 0 unspecified atom stereocenters. The lowest BCUT2D eigenvalue weighted by Crippen LogP contribution is -2.74. The zero-order valence-corrected chi connectivity index (χ0v) is 26.2. The Balaban J connectivity index is 0.000000210. The molecular formula is C39H46BP. The van der Waals surface area contributed by atoms with Gasteiger partial charge >= 0.3 is 0 Å². The largest absolute Gasteiger partial charge is 0.195 e. The molecule has 0 aliphatic heterocycles. The minimum absolute atomic E-state index is 0.278. The molecular weight excluding hydrogens is 510 g/mol. The van der Waals surface area contributed by atoms with Gasteiger partial charge < -0.3 is 0 Å². The van der Waals surface area contributed by atoms with Gasteiger partial charge in [0, 0.05) is 7.92 Å². The predicted molar refractivity (Wildman–Crippen MR) is 189 cm³/mol. The van der Waals surface area contributed by atoms with E-state index in [2.05, 4.69) is 166 Å². The van der Waals surface area contributed by atoms with Crippen molar-refractivity contribution in [2.24, 2.45) is 0 Å². The van der Waals surface area contributed by atoms with Crippen LogP contribution in [0.15, 0.2) is 146 Å². The van der Waals surface area contributed by atoms with Gasteiger partial charge in [-0.15, -0.1) is 0 Å². The standard InChI is InChI=1S/C24H20B.C15H25P/c1-5-13-21(14-6-1)25(22-15-7-2-8-16-22,23-17-9-3-10-18-23)24-19-11-4-12-20-24;1-4-6-12-16(13-7-5-2)15-11-9-8-10-14(15)3/h1-20H;8-11H,4-7,12-13H2,1-3H3/q-1;/p+1. The average Bonchev–Trinajstić information content (AvgIpc) is 3.04. The topological polar surface area (TPSA) is 0 Å². The molecule has 0 aliphatic carbocycles. The first-order valence-corrected chi connectivity index (χ1v) is 17.4. The first-order chi connectivity index (χ1) is 20.2. The average molecular weight is 557 g/mol. The van der Waals surface area contributed by atoms with Crippen LogP contribution in [0.3, 0.4) is 0 Å². The van der Waals surface area contributed by atoms with Gasteiger partial charge in [0.1, 0.15) is 6.15 Å². The molecule has 0 bridgehead atoms. The second kappa shape index (κ2) is 16.1. The van der Waals surface area contributed by atoms with Crippen molar-refractivity contribution in [3.05, 3.63) is 151 Å². The van der Waals surface area contributed by atoms with Gasteiger partial charge in [0.2, 0.25) is 0 Å². The van der Waals surface area contributed by atoms with Gasteiger partial charge in [-0.1, -0.05) is 166 Å². The molecule has 0 N–H and O–H groups in total. The van der Waals surface area contributed by atoms with E-state index in [0.717, 1.165) is 0 Å².